The average molecular weight is 512 g/mol. The summed E-state index contributed by atoms with van der Waals surface area (Å²) in [6.07, 6.45) is 5.11. The van der Waals surface area contributed by atoms with Gasteiger partial charge in [-0.05, 0) is 57.9 Å². The van der Waals surface area contributed by atoms with Gasteiger partial charge >= 0.3 is 0 Å². The maximum Gasteiger partial charge on any atom is 0.270 e. The Kier molecular flexibility index (Phi) is 7.83. The standard InChI is InChI=1S/C28H41N5O4/c1-18-17-32(26(35)24(19-9-7-6-8-10-19)28(2,30-3)27(29)36)13-14-33(18)25(34)23-15-20-11-12-21(37-5)16-22(20)31(23)4/h11-12,15-16,18-19,24,30H,6-10,13-14,17H2,1-5H3,(H2,29,36)/t18-,24-,28?/m1/s1. The number of methoxy groups -OCH3 is 1. The van der Waals surface area contributed by atoms with E-state index in [1.54, 1.807) is 21.1 Å². The van der Waals surface area contributed by atoms with Gasteiger partial charge in [-0.1, -0.05) is 19.3 Å². The second-order valence-corrected chi connectivity index (χ2v) is 10.8. The molecule has 202 valence electrons. The monoisotopic (exact) mass is 511 g/mol. The molecule has 0 radical (unpaired) electrons. The second-order valence-electron chi connectivity index (χ2n) is 10.8. The van der Waals surface area contributed by atoms with Crippen molar-refractivity contribution in [3.05, 3.63) is 30.0 Å². The molecule has 1 aromatic carbocycles. The third-order valence-corrected chi connectivity index (χ3v) is 8.71. The quantitative estimate of drug-likeness (QED) is 0.594. The lowest BCUT2D eigenvalue weighted by molar-refractivity contribution is -0.148. The van der Waals surface area contributed by atoms with Crippen LogP contribution in [0.2, 0.25) is 0 Å². The molecule has 1 aliphatic carbocycles. The van der Waals surface area contributed by atoms with Crippen LogP contribution in [0.15, 0.2) is 24.3 Å². The molecule has 9 nitrogen and oxygen atoms in total. The van der Waals surface area contributed by atoms with E-state index in [1.165, 1.54) is 0 Å². The molecular weight excluding hydrogens is 470 g/mol. The number of nitrogens with zero attached hydrogens (tertiary/aromatic N) is 3. The Morgan fingerprint density at radius 2 is 1.84 bits per heavy atom. The van der Waals surface area contributed by atoms with Crippen LogP contribution in [0.4, 0.5) is 0 Å². The molecule has 37 heavy (non-hydrogen) atoms. The Balaban J connectivity index is 1.54. The van der Waals surface area contributed by atoms with Crippen molar-refractivity contribution in [2.75, 3.05) is 33.8 Å². The van der Waals surface area contributed by atoms with Gasteiger partial charge in [0.25, 0.3) is 5.91 Å². The number of aromatic nitrogens is 1. The highest BCUT2D eigenvalue weighted by atomic mass is 16.5. The summed E-state index contributed by atoms with van der Waals surface area (Å²) < 4.78 is 7.24. The SMILES string of the molecule is CNC(C)(C(N)=O)[C@@H](C(=O)N1CCN(C(=O)c2cc3ccc(OC)cc3n2C)[C@H](C)C1)C1CCCCC1. The minimum absolute atomic E-state index is 0.0433. The lowest BCUT2D eigenvalue weighted by Gasteiger charge is -2.46. The van der Waals surface area contributed by atoms with Crippen LogP contribution in [0.1, 0.15) is 56.4 Å². The van der Waals surface area contributed by atoms with Gasteiger partial charge in [0.15, 0.2) is 0 Å². The lowest BCUT2D eigenvalue weighted by Crippen LogP contribution is -2.65. The molecule has 3 amide bonds. The van der Waals surface area contributed by atoms with Crippen molar-refractivity contribution < 1.29 is 19.1 Å². The molecule has 0 bridgehead atoms. The number of ether oxygens (including phenoxy) is 1. The summed E-state index contributed by atoms with van der Waals surface area (Å²) in [7, 11) is 5.21. The number of nitrogens with one attached hydrogen (secondary N) is 1. The zero-order chi connectivity index (χ0) is 26.9. The number of fused-ring (bicyclic) bond motifs is 1. The van der Waals surface area contributed by atoms with E-state index in [4.69, 9.17) is 10.5 Å². The molecule has 2 aliphatic rings. The van der Waals surface area contributed by atoms with Crippen LogP contribution in [0, 0.1) is 11.8 Å². The first-order valence-electron chi connectivity index (χ1n) is 13.3. The van der Waals surface area contributed by atoms with Gasteiger partial charge in [-0.3, -0.25) is 14.4 Å². The predicted octanol–water partition coefficient (Wildman–Crippen LogP) is 2.52. The van der Waals surface area contributed by atoms with E-state index in [0.29, 0.717) is 25.3 Å². The molecule has 1 saturated heterocycles. The number of carbonyl (C=O) groups is 3. The highest BCUT2D eigenvalue weighted by molar-refractivity contribution is 5.99. The van der Waals surface area contributed by atoms with E-state index >= 15 is 0 Å². The molecule has 1 aromatic heterocycles. The molecule has 4 rings (SSSR count). The Morgan fingerprint density at radius 1 is 1.14 bits per heavy atom. The van der Waals surface area contributed by atoms with E-state index in [1.807, 2.05) is 52.6 Å². The third-order valence-electron chi connectivity index (χ3n) is 8.71. The van der Waals surface area contributed by atoms with Crippen LogP contribution in [-0.2, 0) is 16.6 Å². The summed E-state index contributed by atoms with van der Waals surface area (Å²) in [6.45, 7) is 5.01. The van der Waals surface area contributed by atoms with E-state index in [2.05, 4.69) is 5.32 Å². The van der Waals surface area contributed by atoms with Crippen LogP contribution in [0.25, 0.3) is 10.9 Å². The minimum Gasteiger partial charge on any atom is -0.497 e. The topological polar surface area (TPSA) is 110 Å². The van der Waals surface area contributed by atoms with Gasteiger partial charge < -0.3 is 30.2 Å². The van der Waals surface area contributed by atoms with Crippen LogP contribution in [-0.4, -0.2) is 77.5 Å². The molecule has 2 heterocycles. The highest BCUT2D eigenvalue weighted by Crippen LogP contribution is 2.37. The smallest absolute Gasteiger partial charge is 0.270 e. The summed E-state index contributed by atoms with van der Waals surface area (Å²) >= 11 is 0. The number of carbonyl (C=O) groups excluding carboxylic acids is 3. The largest absolute Gasteiger partial charge is 0.497 e. The number of aryl methyl sites for hydroxylation is 1. The third kappa shape index (κ3) is 4.93. The number of primary amides is 1. The van der Waals surface area contributed by atoms with Gasteiger partial charge in [-0.15, -0.1) is 0 Å². The van der Waals surface area contributed by atoms with Crippen molar-refractivity contribution in [3.63, 3.8) is 0 Å². The molecule has 3 atom stereocenters. The molecule has 2 fully saturated rings. The van der Waals surface area contributed by atoms with E-state index in [0.717, 1.165) is 48.8 Å². The van der Waals surface area contributed by atoms with Gasteiger partial charge in [0.2, 0.25) is 11.8 Å². The minimum atomic E-state index is -1.13. The molecule has 9 heteroatoms. The van der Waals surface area contributed by atoms with E-state index in [9.17, 15) is 14.4 Å². The zero-order valence-electron chi connectivity index (χ0n) is 22.8. The number of piperazine rings is 1. The van der Waals surface area contributed by atoms with Gasteiger partial charge in [-0.25, -0.2) is 0 Å². The maximum atomic E-state index is 14.0. The van der Waals surface area contributed by atoms with Crippen LogP contribution in [0.5, 0.6) is 5.75 Å². The van der Waals surface area contributed by atoms with Gasteiger partial charge in [0, 0.05) is 44.2 Å². The fraction of sp³-hybridized carbons (Fsp3) is 0.607. The summed E-state index contributed by atoms with van der Waals surface area (Å²) in [5.74, 6) is -0.290. The number of benzene rings is 1. The van der Waals surface area contributed by atoms with E-state index < -0.39 is 17.4 Å². The van der Waals surface area contributed by atoms with E-state index in [-0.39, 0.29) is 23.8 Å². The zero-order valence-corrected chi connectivity index (χ0v) is 22.8. The number of likely N-dealkylation sites (N-methyl/N-ethyl adjacent to an activating group) is 1. The number of hydrogen-bond acceptors (Lipinski definition) is 5. The van der Waals surface area contributed by atoms with Gasteiger partial charge in [-0.2, -0.15) is 0 Å². The van der Waals surface area contributed by atoms with Gasteiger partial charge in [0.05, 0.1) is 18.5 Å². The predicted molar refractivity (Wildman–Crippen MR) is 143 cm³/mol. The van der Waals surface area contributed by atoms with Crippen molar-refractivity contribution in [3.8, 4) is 5.75 Å². The first-order chi connectivity index (χ1) is 17.6. The van der Waals surface area contributed by atoms with Crippen LogP contribution < -0.4 is 15.8 Å². The number of amides is 3. The number of nitrogens with two attached hydrogens (primary N) is 1. The summed E-state index contributed by atoms with van der Waals surface area (Å²) in [6, 6.07) is 7.51. The summed E-state index contributed by atoms with van der Waals surface area (Å²) in [5, 5.41) is 4.06. The number of rotatable bonds is 7. The summed E-state index contributed by atoms with van der Waals surface area (Å²) in [4.78, 5) is 43.8. The second kappa shape index (κ2) is 10.7. The van der Waals surface area contributed by atoms with Crippen molar-refractivity contribution in [2.24, 2.45) is 24.6 Å². The van der Waals surface area contributed by atoms with Crippen molar-refractivity contribution in [1.29, 1.82) is 0 Å². The van der Waals surface area contributed by atoms with Crippen molar-refractivity contribution >= 4 is 28.6 Å². The molecule has 1 unspecified atom stereocenters. The first-order valence-corrected chi connectivity index (χ1v) is 13.3. The normalized spacial score (nSPS) is 21.5. The van der Waals surface area contributed by atoms with Crippen molar-refractivity contribution in [2.45, 2.75) is 57.5 Å². The van der Waals surface area contributed by atoms with Crippen molar-refractivity contribution in [1.82, 2.24) is 19.7 Å². The Hall–Kier alpha value is -3.07. The molecular formula is C28H41N5O4. The molecule has 3 N–H and O–H groups in total. The fourth-order valence-electron chi connectivity index (χ4n) is 6.26. The Labute approximate surface area is 219 Å². The average Bonchev–Trinajstić information content (AvgIpc) is 3.24. The van der Waals surface area contributed by atoms with Gasteiger partial charge in [0.1, 0.15) is 17.0 Å². The Bertz CT molecular complexity index is 1170. The lowest BCUT2D eigenvalue weighted by atomic mass is 9.69. The highest BCUT2D eigenvalue weighted by Gasteiger charge is 2.49. The first kappa shape index (κ1) is 27.0. The fourth-order valence-corrected chi connectivity index (χ4v) is 6.26. The number of hydrogen-bond donors (Lipinski definition) is 2. The molecule has 0 spiro atoms. The Morgan fingerprint density at radius 3 is 2.43 bits per heavy atom. The molecule has 2 aromatic rings. The summed E-state index contributed by atoms with van der Waals surface area (Å²) in [5.41, 5.74) is 6.24. The molecule has 1 aliphatic heterocycles. The van der Waals surface area contributed by atoms with Crippen LogP contribution in [0.3, 0.4) is 0 Å². The maximum absolute atomic E-state index is 14.0. The van der Waals surface area contributed by atoms with Crippen LogP contribution >= 0.6 is 0 Å². The molecule has 1 saturated carbocycles.